The van der Waals surface area contributed by atoms with Crippen molar-refractivity contribution in [3.63, 3.8) is 0 Å². The molecule has 10 heteroatoms. The predicted molar refractivity (Wildman–Crippen MR) is 72.5 cm³/mol. The van der Waals surface area contributed by atoms with E-state index < -0.39 is 33.5 Å². The minimum atomic E-state index is -4.21. The maximum atomic E-state index is 14.0. The number of rotatable bonds is 5. The van der Waals surface area contributed by atoms with Gasteiger partial charge in [-0.3, -0.25) is 9.48 Å². The van der Waals surface area contributed by atoms with Gasteiger partial charge < -0.3 is 4.74 Å². The minimum Gasteiger partial charge on any atom is -0.381 e. The largest absolute Gasteiger partial charge is 0.381 e. The first kappa shape index (κ1) is 16.8. The fourth-order valence-electron chi connectivity index (χ4n) is 2.26. The number of halogens is 2. The zero-order valence-electron chi connectivity index (χ0n) is 12.0. The molecule has 0 spiro atoms. The lowest BCUT2D eigenvalue weighted by Gasteiger charge is -2.28. The minimum absolute atomic E-state index is 0.0169. The van der Waals surface area contributed by atoms with Crippen LogP contribution in [0.2, 0.25) is 0 Å². The summed E-state index contributed by atoms with van der Waals surface area (Å²) < 4.78 is 59.5. The molecule has 0 aromatic carbocycles. The third kappa shape index (κ3) is 4.01. The molecule has 1 aromatic heterocycles. The summed E-state index contributed by atoms with van der Waals surface area (Å²) >= 11 is 0. The van der Waals surface area contributed by atoms with E-state index in [2.05, 4.69) is 5.10 Å². The first-order valence-corrected chi connectivity index (χ1v) is 8.34. The molecule has 1 aliphatic heterocycles. The van der Waals surface area contributed by atoms with Gasteiger partial charge in [0.2, 0.25) is 10.0 Å². The number of sulfonamides is 1. The summed E-state index contributed by atoms with van der Waals surface area (Å²) in [6.07, 6.45) is 2.76. The average molecular weight is 337 g/mol. The van der Waals surface area contributed by atoms with Crippen molar-refractivity contribution in [2.24, 2.45) is 13.0 Å². The molecule has 22 heavy (non-hydrogen) atoms. The molecule has 1 N–H and O–H groups in total. The normalized spacial score (nSPS) is 17.4. The van der Waals surface area contributed by atoms with Crippen molar-refractivity contribution in [1.82, 2.24) is 14.5 Å². The Morgan fingerprint density at radius 3 is 2.68 bits per heavy atom. The van der Waals surface area contributed by atoms with Crippen LogP contribution in [0.5, 0.6) is 0 Å². The first-order chi connectivity index (χ1) is 10.2. The standard InChI is InChI=1S/C12H17F2N3O4S/c1-17-7-9(6-15-17)8-22(19,20)16-11(18)12(13,14)10-2-4-21-5-3-10/h6-7,10H,2-5,8H2,1H3,(H,16,18). The second kappa shape index (κ2) is 6.29. The summed E-state index contributed by atoms with van der Waals surface area (Å²) in [7, 11) is -2.62. The van der Waals surface area contributed by atoms with Crippen LogP contribution in [0.1, 0.15) is 18.4 Å². The van der Waals surface area contributed by atoms with Gasteiger partial charge in [0, 0.05) is 37.9 Å². The second-order valence-corrected chi connectivity index (χ2v) is 6.94. The number of alkyl halides is 2. The number of carbonyl (C=O) groups is 1. The van der Waals surface area contributed by atoms with Crippen molar-refractivity contribution in [2.75, 3.05) is 13.2 Å². The molecule has 0 radical (unpaired) electrons. The van der Waals surface area contributed by atoms with Crippen LogP contribution in [-0.4, -0.2) is 43.2 Å². The van der Waals surface area contributed by atoms with E-state index in [0.717, 1.165) is 0 Å². The fourth-order valence-corrected chi connectivity index (χ4v) is 3.34. The lowest BCUT2D eigenvalue weighted by atomic mass is 9.92. The van der Waals surface area contributed by atoms with Gasteiger partial charge in [0.25, 0.3) is 0 Å². The number of amides is 1. The monoisotopic (exact) mass is 337 g/mol. The molecule has 0 bridgehead atoms. The summed E-state index contributed by atoms with van der Waals surface area (Å²) in [5.74, 6) is -7.33. The lowest BCUT2D eigenvalue weighted by Crippen LogP contribution is -2.49. The first-order valence-electron chi connectivity index (χ1n) is 6.69. The summed E-state index contributed by atoms with van der Waals surface area (Å²) in [5.41, 5.74) is 0.303. The van der Waals surface area contributed by atoms with E-state index >= 15 is 0 Å². The van der Waals surface area contributed by atoms with E-state index in [4.69, 9.17) is 4.74 Å². The van der Waals surface area contributed by atoms with E-state index in [1.54, 1.807) is 7.05 Å². The zero-order chi connectivity index (χ0) is 16.4. The Morgan fingerprint density at radius 1 is 1.50 bits per heavy atom. The van der Waals surface area contributed by atoms with Gasteiger partial charge in [-0.05, 0) is 12.8 Å². The highest BCUT2D eigenvalue weighted by atomic mass is 32.2. The number of ether oxygens (including phenoxy) is 1. The molecule has 124 valence electrons. The zero-order valence-corrected chi connectivity index (χ0v) is 12.8. The molecule has 2 rings (SSSR count). The maximum Gasteiger partial charge on any atom is 0.328 e. The number of hydrogen-bond acceptors (Lipinski definition) is 5. The van der Waals surface area contributed by atoms with Gasteiger partial charge in [0.05, 0.1) is 11.9 Å². The van der Waals surface area contributed by atoms with E-state index in [-0.39, 0.29) is 26.1 Å². The maximum absolute atomic E-state index is 14.0. The van der Waals surface area contributed by atoms with Gasteiger partial charge in [-0.15, -0.1) is 0 Å². The van der Waals surface area contributed by atoms with Gasteiger partial charge in [0.1, 0.15) is 0 Å². The van der Waals surface area contributed by atoms with E-state index in [9.17, 15) is 22.0 Å². The number of nitrogens with one attached hydrogen (secondary N) is 1. The van der Waals surface area contributed by atoms with Crippen LogP contribution in [0, 0.1) is 5.92 Å². The molecule has 1 saturated heterocycles. The Hall–Kier alpha value is -1.55. The number of nitrogens with zero attached hydrogens (tertiary/aromatic N) is 2. The molecule has 7 nitrogen and oxygen atoms in total. The molecule has 0 unspecified atom stereocenters. The van der Waals surface area contributed by atoms with Crippen molar-refractivity contribution >= 4 is 15.9 Å². The van der Waals surface area contributed by atoms with Crippen LogP contribution in [0.4, 0.5) is 8.78 Å². The predicted octanol–water partition coefficient (Wildman–Crippen LogP) is 0.428. The van der Waals surface area contributed by atoms with Crippen LogP contribution >= 0.6 is 0 Å². The van der Waals surface area contributed by atoms with Crippen molar-refractivity contribution < 1.29 is 26.7 Å². The van der Waals surface area contributed by atoms with Gasteiger partial charge in [-0.1, -0.05) is 0 Å². The van der Waals surface area contributed by atoms with Crippen LogP contribution in [0.3, 0.4) is 0 Å². The van der Waals surface area contributed by atoms with Gasteiger partial charge in [-0.25, -0.2) is 13.1 Å². The van der Waals surface area contributed by atoms with Crippen LogP contribution in [0.25, 0.3) is 0 Å². The Labute approximate surface area is 126 Å². The second-order valence-electron chi connectivity index (χ2n) is 5.22. The van der Waals surface area contributed by atoms with Gasteiger partial charge in [-0.2, -0.15) is 13.9 Å². The number of aryl methyl sites for hydroxylation is 1. The van der Waals surface area contributed by atoms with E-state index in [1.165, 1.54) is 21.8 Å². The van der Waals surface area contributed by atoms with Crippen molar-refractivity contribution in [1.29, 1.82) is 0 Å². The SMILES string of the molecule is Cn1cc(CS(=O)(=O)NC(=O)C(F)(F)C2CCOCC2)cn1. The summed E-state index contributed by atoms with van der Waals surface area (Å²) in [6.45, 7) is 0.270. The quantitative estimate of drug-likeness (QED) is 0.841. The topological polar surface area (TPSA) is 90.3 Å². The molecule has 0 saturated carbocycles. The Morgan fingerprint density at radius 2 is 2.14 bits per heavy atom. The molecule has 0 atom stereocenters. The van der Waals surface area contributed by atoms with Gasteiger partial charge in [0.15, 0.2) is 0 Å². The summed E-state index contributed by atoms with van der Waals surface area (Å²) in [4.78, 5) is 11.7. The molecule has 1 fully saturated rings. The van der Waals surface area contributed by atoms with Crippen molar-refractivity contribution in [2.45, 2.75) is 24.5 Å². The highest BCUT2D eigenvalue weighted by Crippen LogP contribution is 2.32. The van der Waals surface area contributed by atoms with Crippen molar-refractivity contribution in [3.05, 3.63) is 18.0 Å². The Balaban J connectivity index is 2.02. The number of carbonyl (C=O) groups excluding carboxylic acids is 1. The molecular formula is C12H17F2N3O4S. The molecule has 1 amide bonds. The van der Waals surface area contributed by atoms with Crippen LogP contribution in [-0.2, 0) is 32.4 Å². The fraction of sp³-hybridized carbons (Fsp3) is 0.667. The highest BCUT2D eigenvalue weighted by molar-refractivity contribution is 7.89. The lowest BCUT2D eigenvalue weighted by molar-refractivity contribution is -0.157. The van der Waals surface area contributed by atoms with E-state index in [0.29, 0.717) is 5.56 Å². The number of hydrogen-bond donors (Lipinski definition) is 1. The molecular weight excluding hydrogens is 320 g/mol. The highest BCUT2D eigenvalue weighted by Gasteiger charge is 2.48. The smallest absolute Gasteiger partial charge is 0.328 e. The molecule has 2 heterocycles. The third-order valence-corrected chi connectivity index (χ3v) is 4.61. The Kier molecular flexibility index (Phi) is 4.81. The summed E-state index contributed by atoms with van der Waals surface area (Å²) in [6, 6.07) is 0. The molecule has 1 aliphatic rings. The average Bonchev–Trinajstić information content (AvgIpc) is 2.83. The third-order valence-electron chi connectivity index (χ3n) is 3.40. The molecule has 0 aliphatic carbocycles. The molecule has 1 aromatic rings. The Bertz CT molecular complexity index is 639. The van der Waals surface area contributed by atoms with Crippen LogP contribution < -0.4 is 4.72 Å². The van der Waals surface area contributed by atoms with E-state index in [1.807, 2.05) is 0 Å². The van der Waals surface area contributed by atoms with Gasteiger partial charge >= 0.3 is 11.8 Å². The van der Waals surface area contributed by atoms with Crippen molar-refractivity contribution in [3.8, 4) is 0 Å². The van der Waals surface area contributed by atoms with Crippen LogP contribution in [0.15, 0.2) is 12.4 Å². The summed E-state index contributed by atoms with van der Waals surface area (Å²) in [5, 5.41) is 3.78. The number of aromatic nitrogens is 2.